The molecule has 0 aromatic heterocycles. The van der Waals surface area contributed by atoms with E-state index >= 15 is 0 Å². The molecule has 15 heavy (non-hydrogen) atoms. The maximum absolute atomic E-state index is 9.74. The van der Waals surface area contributed by atoms with Gasteiger partial charge < -0.3 is 10.2 Å². The summed E-state index contributed by atoms with van der Waals surface area (Å²) in [6.07, 6.45) is 4.16. The smallest absolute Gasteiger partial charge is 0.0580 e. The third-order valence-corrected chi connectivity index (χ3v) is 2.51. The highest BCUT2D eigenvalue weighted by atomic mass is 16.3. The Balaban J connectivity index is 2.16. The van der Waals surface area contributed by atoms with Gasteiger partial charge in [0.15, 0.2) is 0 Å². The Hall–Kier alpha value is -0.860. The van der Waals surface area contributed by atoms with Crippen LogP contribution in [0.25, 0.3) is 0 Å². The van der Waals surface area contributed by atoms with Gasteiger partial charge in [-0.15, -0.1) is 0 Å². The minimum absolute atomic E-state index is 0.244. The van der Waals surface area contributed by atoms with Crippen molar-refractivity contribution in [3.63, 3.8) is 0 Å². The highest BCUT2D eigenvalue weighted by Crippen LogP contribution is 2.09. The molecule has 0 saturated heterocycles. The standard InChI is InChI=1S/C13H20O2/c14-10-6-2-5-9-13(15)11-12-7-3-1-4-8-12/h1,3-4,7-8,13-15H,2,5-6,9-11H2. The van der Waals surface area contributed by atoms with Gasteiger partial charge in [-0.05, 0) is 24.8 Å². The van der Waals surface area contributed by atoms with E-state index in [4.69, 9.17) is 5.11 Å². The van der Waals surface area contributed by atoms with Crippen molar-refractivity contribution in [3.05, 3.63) is 35.9 Å². The van der Waals surface area contributed by atoms with Crippen LogP contribution in [-0.2, 0) is 6.42 Å². The van der Waals surface area contributed by atoms with Gasteiger partial charge in [0, 0.05) is 6.61 Å². The van der Waals surface area contributed by atoms with Crippen molar-refractivity contribution in [1.29, 1.82) is 0 Å². The Labute approximate surface area is 91.6 Å². The van der Waals surface area contributed by atoms with E-state index in [2.05, 4.69) is 0 Å². The van der Waals surface area contributed by atoms with E-state index in [1.54, 1.807) is 0 Å². The highest BCUT2D eigenvalue weighted by Gasteiger charge is 2.04. The van der Waals surface area contributed by atoms with Gasteiger partial charge in [-0.3, -0.25) is 0 Å². The molecule has 0 spiro atoms. The first-order valence-corrected chi connectivity index (χ1v) is 5.66. The second-order valence-electron chi connectivity index (χ2n) is 3.92. The molecule has 1 aromatic carbocycles. The van der Waals surface area contributed by atoms with Crippen LogP contribution in [0.4, 0.5) is 0 Å². The van der Waals surface area contributed by atoms with Gasteiger partial charge in [-0.1, -0.05) is 43.2 Å². The average molecular weight is 208 g/mol. The summed E-state index contributed by atoms with van der Waals surface area (Å²) in [6.45, 7) is 0.259. The maximum Gasteiger partial charge on any atom is 0.0580 e. The molecule has 0 heterocycles. The van der Waals surface area contributed by atoms with Crippen molar-refractivity contribution in [2.24, 2.45) is 0 Å². The zero-order valence-electron chi connectivity index (χ0n) is 9.10. The van der Waals surface area contributed by atoms with Crippen LogP contribution in [0.5, 0.6) is 0 Å². The fraction of sp³-hybridized carbons (Fsp3) is 0.538. The molecule has 2 heteroatoms. The third kappa shape index (κ3) is 5.55. The number of aliphatic hydroxyl groups excluding tert-OH is 2. The number of hydrogen-bond acceptors (Lipinski definition) is 2. The van der Waals surface area contributed by atoms with E-state index in [0.29, 0.717) is 0 Å². The molecule has 1 atom stereocenters. The van der Waals surface area contributed by atoms with Gasteiger partial charge in [-0.25, -0.2) is 0 Å². The van der Waals surface area contributed by atoms with Crippen LogP contribution in [0.1, 0.15) is 31.2 Å². The van der Waals surface area contributed by atoms with Crippen LogP contribution < -0.4 is 0 Å². The lowest BCUT2D eigenvalue weighted by Crippen LogP contribution is -2.10. The van der Waals surface area contributed by atoms with Crippen LogP contribution in [0.3, 0.4) is 0 Å². The topological polar surface area (TPSA) is 40.5 Å². The molecule has 1 aromatic rings. The summed E-state index contributed by atoms with van der Waals surface area (Å²) in [5, 5.41) is 18.3. The molecule has 1 unspecified atom stereocenters. The largest absolute Gasteiger partial charge is 0.396 e. The van der Waals surface area contributed by atoms with Crippen LogP contribution in [0, 0.1) is 0 Å². The molecular formula is C13H20O2. The molecule has 0 saturated carbocycles. The zero-order chi connectivity index (χ0) is 10.9. The quantitative estimate of drug-likeness (QED) is 0.674. The summed E-state index contributed by atoms with van der Waals surface area (Å²) in [5.74, 6) is 0. The maximum atomic E-state index is 9.74. The Morgan fingerprint density at radius 3 is 2.40 bits per heavy atom. The summed E-state index contributed by atoms with van der Waals surface area (Å²) < 4.78 is 0. The Bertz CT molecular complexity index is 246. The van der Waals surface area contributed by atoms with Gasteiger partial charge >= 0.3 is 0 Å². The number of benzene rings is 1. The van der Waals surface area contributed by atoms with Gasteiger partial charge in [-0.2, -0.15) is 0 Å². The van der Waals surface area contributed by atoms with Crippen molar-refractivity contribution in [1.82, 2.24) is 0 Å². The second kappa shape index (κ2) is 7.43. The van der Waals surface area contributed by atoms with Gasteiger partial charge in [0.05, 0.1) is 6.10 Å². The van der Waals surface area contributed by atoms with Crippen molar-refractivity contribution in [2.45, 2.75) is 38.2 Å². The molecule has 84 valence electrons. The van der Waals surface area contributed by atoms with Crippen LogP contribution in [0.15, 0.2) is 30.3 Å². The SMILES string of the molecule is OCCCCCC(O)Cc1ccccc1. The molecule has 0 amide bonds. The summed E-state index contributed by atoms with van der Waals surface area (Å²) in [5.41, 5.74) is 1.19. The van der Waals surface area contributed by atoms with E-state index < -0.39 is 0 Å². The lowest BCUT2D eigenvalue weighted by atomic mass is 10.0. The lowest BCUT2D eigenvalue weighted by molar-refractivity contribution is 0.159. The Kier molecular flexibility index (Phi) is 6.05. The first kappa shape index (κ1) is 12.2. The van der Waals surface area contributed by atoms with E-state index in [-0.39, 0.29) is 12.7 Å². The van der Waals surface area contributed by atoms with Crippen LogP contribution in [0.2, 0.25) is 0 Å². The summed E-state index contributed by atoms with van der Waals surface area (Å²) in [7, 11) is 0. The number of hydrogen-bond donors (Lipinski definition) is 2. The van der Waals surface area contributed by atoms with Gasteiger partial charge in [0.2, 0.25) is 0 Å². The van der Waals surface area contributed by atoms with E-state index in [9.17, 15) is 5.11 Å². The Morgan fingerprint density at radius 1 is 1.00 bits per heavy atom. The predicted octanol–water partition coefficient (Wildman–Crippen LogP) is 2.14. The molecule has 0 aliphatic heterocycles. The first-order chi connectivity index (χ1) is 7.33. The molecule has 1 rings (SSSR count). The molecule has 0 radical (unpaired) electrons. The summed E-state index contributed by atoms with van der Waals surface area (Å²) >= 11 is 0. The minimum Gasteiger partial charge on any atom is -0.396 e. The van der Waals surface area contributed by atoms with E-state index in [1.165, 1.54) is 5.56 Å². The summed E-state index contributed by atoms with van der Waals surface area (Å²) in [4.78, 5) is 0. The average Bonchev–Trinajstić information content (AvgIpc) is 2.26. The molecule has 0 fully saturated rings. The van der Waals surface area contributed by atoms with E-state index in [1.807, 2.05) is 30.3 Å². The van der Waals surface area contributed by atoms with E-state index in [0.717, 1.165) is 32.1 Å². The lowest BCUT2D eigenvalue weighted by Gasteiger charge is -2.09. The molecule has 0 bridgehead atoms. The third-order valence-electron chi connectivity index (χ3n) is 2.51. The predicted molar refractivity (Wildman–Crippen MR) is 61.7 cm³/mol. The number of aliphatic hydroxyl groups is 2. The fourth-order valence-corrected chi connectivity index (χ4v) is 1.66. The van der Waals surface area contributed by atoms with Crippen LogP contribution in [-0.4, -0.2) is 22.9 Å². The van der Waals surface area contributed by atoms with Crippen molar-refractivity contribution < 1.29 is 10.2 Å². The molecule has 0 aliphatic carbocycles. The fourth-order valence-electron chi connectivity index (χ4n) is 1.66. The Morgan fingerprint density at radius 2 is 1.73 bits per heavy atom. The zero-order valence-corrected chi connectivity index (χ0v) is 9.10. The first-order valence-electron chi connectivity index (χ1n) is 5.66. The van der Waals surface area contributed by atoms with Crippen molar-refractivity contribution in [2.75, 3.05) is 6.61 Å². The molecule has 0 aliphatic rings. The normalized spacial score (nSPS) is 12.7. The number of unbranched alkanes of at least 4 members (excludes halogenated alkanes) is 2. The second-order valence-corrected chi connectivity index (χ2v) is 3.92. The van der Waals surface area contributed by atoms with Crippen molar-refractivity contribution in [3.8, 4) is 0 Å². The monoisotopic (exact) mass is 208 g/mol. The van der Waals surface area contributed by atoms with Gasteiger partial charge in [0.1, 0.15) is 0 Å². The number of rotatable bonds is 7. The highest BCUT2D eigenvalue weighted by molar-refractivity contribution is 5.15. The molecule has 2 nitrogen and oxygen atoms in total. The molecular weight excluding hydrogens is 188 g/mol. The minimum atomic E-state index is -0.244. The molecule has 2 N–H and O–H groups in total. The summed E-state index contributed by atoms with van der Waals surface area (Å²) in [6, 6.07) is 10.0. The van der Waals surface area contributed by atoms with Gasteiger partial charge in [0.25, 0.3) is 0 Å². The van der Waals surface area contributed by atoms with Crippen molar-refractivity contribution >= 4 is 0 Å². The van der Waals surface area contributed by atoms with Crippen LogP contribution >= 0.6 is 0 Å².